The number of nitrogens with one attached hydrogen (secondary N) is 2. The molecular weight excluding hydrogens is 228 g/mol. The summed E-state index contributed by atoms with van der Waals surface area (Å²) in [6.45, 7) is 0. The van der Waals surface area contributed by atoms with Gasteiger partial charge in [0.25, 0.3) is 5.91 Å². The van der Waals surface area contributed by atoms with Crippen LogP contribution in [0, 0.1) is 0 Å². The van der Waals surface area contributed by atoms with Gasteiger partial charge in [0, 0.05) is 29.5 Å². The van der Waals surface area contributed by atoms with Crippen molar-refractivity contribution in [2.75, 3.05) is 5.32 Å². The second kappa shape index (κ2) is 4.29. The smallest absolute Gasteiger partial charge is 0.259 e. The van der Waals surface area contributed by atoms with Gasteiger partial charge in [-0.3, -0.25) is 9.78 Å². The van der Waals surface area contributed by atoms with Crippen LogP contribution in [0.5, 0.6) is 0 Å². The van der Waals surface area contributed by atoms with E-state index in [2.05, 4.69) is 20.3 Å². The molecule has 18 heavy (non-hydrogen) atoms. The number of hydrogen-bond donors (Lipinski definition) is 2. The third-order valence-corrected chi connectivity index (χ3v) is 2.64. The molecule has 88 valence electrons. The first kappa shape index (κ1) is 10.5. The molecule has 0 atom stereocenters. The maximum atomic E-state index is 12.1. The van der Waals surface area contributed by atoms with Crippen LogP contribution in [0.4, 0.5) is 5.82 Å². The molecule has 0 saturated heterocycles. The van der Waals surface area contributed by atoms with Crippen LogP contribution in [-0.4, -0.2) is 20.9 Å². The highest BCUT2D eigenvalue weighted by Crippen LogP contribution is 2.18. The van der Waals surface area contributed by atoms with Crippen molar-refractivity contribution < 1.29 is 4.79 Å². The Bertz CT molecular complexity index is 690. The molecule has 2 N–H and O–H groups in total. The summed E-state index contributed by atoms with van der Waals surface area (Å²) < 4.78 is 0. The van der Waals surface area contributed by atoms with Gasteiger partial charge in [-0.15, -0.1) is 0 Å². The van der Waals surface area contributed by atoms with Crippen molar-refractivity contribution in [2.24, 2.45) is 0 Å². The van der Waals surface area contributed by atoms with Crippen LogP contribution < -0.4 is 5.32 Å². The molecule has 0 aliphatic heterocycles. The monoisotopic (exact) mass is 238 g/mol. The number of H-pyrrole nitrogens is 1. The van der Waals surface area contributed by atoms with Gasteiger partial charge in [-0.1, -0.05) is 18.2 Å². The molecule has 3 rings (SSSR count). The molecule has 1 amide bonds. The molecular formula is C13H10N4O. The number of para-hydroxylation sites is 1. The summed E-state index contributed by atoms with van der Waals surface area (Å²) in [5.41, 5.74) is 1.53. The maximum absolute atomic E-state index is 12.1. The molecule has 0 aliphatic rings. The molecule has 2 aromatic heterocycles. The topological polar surface area (TPSA) is 70.7 Å². The minimum Gasteiger partial charge on any atom is -0.360 e. The zero-order valence-corrected chi connectivity index (χ0v) is 9.42. The first-order chi connectivity index (χ1) is 8.84. The summed E-state index contributed by atoms with van der Waals surface area (Å²) in [5.74, 6) is 0.237. The number of anilines is 1. The molecule has 0 unspecified atom stereocenters. The van der Waals surface area contributed by atoms with E-state index in [0.717, 1.165) is 10.9 Å². The Morgan fingerprint density at radius 1 is 1.22 bits per heavy atom. The number of hydrogen-bond acceptors (Lipinski definition) is 3. The molecule has 0 aliphatic carbocycles. The van der Waals surface area contributed by atoms with Crippen LogP contribution in [-0.2, 0) is 0 Å². The Balaban J connectivity index is 1.93. The number of aromatic nitrogens is 3. The van der Waals surface area contributed by atoms with E-state index in [9.17, 15) is 4.79 Å². The zero-order chi connectivity index (χ0) is 12.4. The van der Waals surface area contributed by atoms with Crippen LogP contribution >= 0.6 is 0 Å². The first-order valence-electron chi connectivity index (χ1n) is 5.48. The van der Waals surface area contributed by atoms with E-state index in [4.69, 9.17) is 0 Å². The summed E-state index contributed by atoms with van der Waals surface area (Å²) in [6, 6.07) is 7.64. The fourth-order valence-electron chi connectivity index (χ4n) is 1.81. The molecule has 1 aromatic carbocycles. The second-order valence-corrected chi connectivity index (χ2v) is 3.79. The van der Waals surface area contributed by atoms with E-state index < -0.39 is 0 Å². The first-order valence-corrected chi connectivity index (χ1v) is 5.48. The molecule has 5 heteroatoms. The van der Waals surface area contributed by atoms with E-state index in [-0.39, 0.29) is 5.91 Å². The summed E-state index contributed by atoms with van der Waals surface area (Å²) >= 11 is 0. The van der Waals surface area contributed by atoms with Crippen LogP contribution in [0.3, 0.4) is 0 Å². The molecule has 0 fully saturated rings. The molecule has 3 aromatic rings. The number of nitrogens with zero attached hydrogens (tertiary/aromatic N) is 2. The Morgan fingerprint density at radius 2 is 2.11 bits per heavy atom. The number of rotatable bonds is 2. The van der Waals surface area contributed by atoms with Gasteiger partial charge in [-0.25, -0.2) is 4.98 Å². The van der Waals surface area contributed by atoms with Gasteiger partial charge in [0.2, 0.25) is 0 Å². The highest BCUT2D eigenvalue weighted by atomic mass is 16.1. The number of carbonyl (C=O) groups is 1. The Hall–Kier alpha value is -2.69. The molecule has 5 nitrogen and oxygen atoms in total. The average Bonchev–Trinajstić information content (AvgIpc) is 2.84. The van der Waals surface area contributed by atoms with Crippen molar-refractivity contribution in [2.45, 2.75) is 0 Å². The lowest BCUT2D eigenvalue weighted by Crippen LogP contribution is -2.12. The number of benzene rings is 1. The van der Waals surface area contributed by atoms with Crippen LogP contribution in [0.15, 0.2) is 49.1 Å². The maximum Gasteiger partial charge on any atom is 0.259 e. The van der Waals surface area contributed by atoms with Crippen molar-refractivity contribution in [1.82, 2.24) is 15.0 Å². The number of carbonyl (C=O) groups excluding carboxylic acids is 1. The standard InChI is InChI=1S/C13H10N4O/c18-13(17-12-8-14-5-6-15-12)10-7-16-11-4-2-1-3-9(10)11/h1-8,16H,(H,15,17,18). The quantitative estimate of drug-likeness (QED) is 0.719. The number of amides is 1. The number of aromatic amines is 1. The molecule has 0 spiro atoms. The third-order valence-electron chi connectivity index (χ3n) is 2.64. The molecule has 0 saturated carbocycles. The van der Waals surface area contributed by atoms with E-state index in [0.29, 0.717) is 11.4 Å². The van der Waals surface area contributed by atoms with Gasteiger partial charge in [0.15, 0.2) is 5.82 Å². The largest absolute Gasteiger partial charge is 0.360 e. The van der Waals surface area contributed by atoms with Crippen LogP contribution in [0.2, 0.25) is 0 Å². The highest BCUT2D eigenvalue weighted by molar-refractivity contribution is 6.12. The van der Waals surface area contributed by atoms with Crippen LogP contribution in [0.25, 0.3) is 10.9 Å². The second-order valence-electron chi connectivity index (χ2n) is 3.79. The van der Waals surface area contributed by atoms with Gasteiger partial charge in [0.05, 0.1) is 11.8 Å². The van der Waals surface area contributed by atoms with E-state index >= 15 is 0 Å². The third kappa shape index (κ3) is 1.82. The highest BCUT2D eigenvalue weighted by Gasteiger charge is 2.11. The van der Waals surface area contributed by atoms with Crippen molar-refractivity contribution in [1.29, 1.82) is 0 Å². The van der Waals surface area contributed by atoms with Gasteiger partial charge in [0.1, 0.15) is 0 Å². The van der Waals surface area contributed by atoms with Crippen molar-refractivity contribution in [3.63, 3.8) is 0 Å². The fraction of sp³-hybridized carbons (Fsp3) is 0. The fourth-order valence-corrected chi connectivity index (χ4v) is 1.81. The lowest BCUT2D eigenvalue weighted by Gasteiger charge is -2.01. The Kier molecular flexibility index (Phi) is 2.49. The van der Waals surface area contributed by atoms with Crippen molar-refractivity contribution in [3.05, 3.63) is 54.6 Å². The van der Waals surface area contributed by atoms with Crippen molar-refractivity contribution >= 4 is 22.6 Å². The van der Waals surface area contributed by atoms with Crippen LogP contribution in [0.1, 0.15) is 10.4 Å². The SMILES string of the molecule is O=C(Nc1cnccn1)c1c[nH]c2ccccc12. The van der Waals surface area contributed by atoms with Gasteiger partial charge in [-0.05, 0) is 6.07 Å². The average molecular weight is 238 g/mol. The minimum absolute atomic E-state index is 0.201. The van der Waals surface area contributed by atoms with Crippen molar-refractivity contribution in [3.8, 4) is 0 Å². The van der Waals surface area contributed by atoms with E-state index in [1.807, 2.05) is 24.3 Å². The lowest BCUT2D eigenvalue weighted by atomic mass is 10.1. The summed E-state index contributed by atoms with van der Waals surface area (Å²) in [6.07, 6.45) is 6.29. The summed E-state index contributed by atoms with van der Waals surface area (Å²) in [4.78, 5) is 23.0. The molecule has 2 heterocycles. The number of fused-ring (bicyclic) bond motifs is 1. The van der Waals surface area contributed by atoms with Gasteiger partial charge in [-0.2, -0.15) is 0 Å². The minimum atomic E-state index is -0.201. The Labute approximate surface area is 103 Å². The molecule has 0 bridgehead atoms. The predicted molar refractivity (Wildman–Crippen MR) is 68.3 cm³/mol. The van der Waals surface area contributed by atoms with E-state index in [1.165, 1.54) is 12.4 Å². The van der Waals surface area contributed by atoms with Gasteiger partial charge >= 0.3 is 0 Å². The molecule has 0 radical (unpaired) electrons. The predicted octanol–water partition coefficient (Wildman–Crippen LogP) is 2.21. The summed E-state index contributed by atoms with van der Waals surface area (Å²) in [5, 5.41) is 3.59. The zero-order valence-electron chi connectivity index (χ0n) is 9.42. The van der Waals surface area contributed by atoms with Gasteiger partial charge < -0.3 is 10.3 Å². The lowest BCUT2D eigenvalue weighted by molar-refractivity contribution is 0.102. The summed E-state index contributed by atoms with van der Waals surface area (Å²) in [7, 11) is 0. The Morgan fingerprint density at radius 3 is 2.94 bits per heavy atom. The normalized spacial score (nSPS) is 10.4. The van der Waals surface area contributed by atoms with E-state index in [1.54, 1.807) is 12.4 Å².